The Kier molecular flexibility index (Phi) is 6.52. The van der Waals surface area contributed by atoms with Crippen LogP contribution in [0.5, 0.6) is 0 Å². The van der Waals surface area contributed by atoms with Crippen LogP contribution in [0.15, 0.2) is 11.6 Å². The lowest BCUT2D eigenvalue weighted by atomic mass is 9.48. The highest BCUT2D eigenvalue weighted by molar-refractivity contribution is 5.87. The first-order chi connectivity index (χ1) is 15.2. The van der Waals surface area contributed by atoms with Crippen molar-refractivity contribution >= 4 is 11.9 Å². The number of carbonyl (C=O) groups is 2. The molecule has 0 aromatic rings. The molecule has 0 aliphatic heterocycles. The maximum Gasteiger partial charge on any atom is 0.512 e. The molecule has 0 aromatic heterocycles. The summed E-state index contributed by atoms with van der Waals surface area (Å²) >= 11 is 0. The van der Waals surface area contributed by atoms with E-state index in [0.717, 1.165) is 75.5 Å². The molecule has 4 aliphatic carbocycles. The average Bonchev–Trinajstić information content (AvgIpc) is 3.10. The van der Waals surface area contributed by atoms with Gasteiger partial charge in [-0.1, -0.05) is 25.5 Å². The van der Waals surface area contributed by atoms with Gasteiger partial charge >= 0.3 is 6.16 Å². The van der Waals surface area contributed by atoms with Crippen molar-refractivity contribution in [2.75, 3.05) is 26.4 Å². The number of nitrogens with zero attached hydrogens (tertiary/aromatic N) is 1. The standard InChI is InChI=1S/C27H44NO4/c1-6-28(7-2,8-3)18-31-25(30)32-20-13-15-26(4)19(17-20)9-10-21-22-11-12-24(29)27(22,5)16-14-23(21)26/h9,20-23H,6-8,10-18H2,1-5H3/q+1/t20-,21-,22-,23-,26-,27-/m0/s1. The largest absolute Gasteiger partial charge is 0.512 e. The molecule has 0 radical (unpaired) electrons. The van der Waals surface area contributed by atoms with Gasteiger partial charge in [-0.25, -0.2) is 4.79 Å². The predicted octanol–water partition coefficient (Wildman–Crippen LogP) is 5.87. The SMILES string of the molecule is CC[N+](CC)(CC)COC(=O)O[C@H]1CC[C@@]2(C)C(=CC[C@@H]3[C@@H]2CC[C@]2(C)C(=O)CC[C@@H]32)C1. The number of ether oxygens (including phenoxy) is 2. The van der Waals surface area contributed by atoms with E-state index in [2.05, 4.69) is 40.7 Å². The van der Waals surface area contributed by atoms with Gasteiger partial charge in [0.05, 0.1) is 19.6 Å². The smallest absolute Gasteiger partial charge is 0.431 e. The molecule has 3 fully saturated rings. The molecule has 0 saturated heterocycles. The zero-order valence-electron chi connectivity index (χ0n) is 21.0. The summed E-state index contributed by atoms with van der Waals surface area (Å²) < 4.78 is 12.1. The number of carbonyl (C=O) groups excluding carboxylic acids is 2. The molecule has 6 atom stereocenters. The van der Waals surface area contributed by atoms with Crippen molar-refractivity contribution in [1.29, 1.82) is 0 Å². The number of hydrogen-bond acceptors (Lipinski definition) is 4. The second-order valence-corrected chi connectivity index (χ2v) is 11.5. The third-order valence-electron chi connectivity index (χ3n) is 10.5. The fourth-order valence-corrected chi connectivity index (χ4v) is 7.80. The first-order valence-electron chi connectivity index (χ1n) is 13.1. The van der Waals surface area contributed by atoms with E-state index in [1.165, 1.54) is 5.57 Å². The van der Waals surface area contributed by atoms with Gasteiger partial charge in [-0.05, 0) is 82.5 Å². The molecule has 180 valence electrons. The van der Waals surface area contributed by atoms with Crippen LogP contribution in [0, 0.1) is 28.6 Å². The third kappa shape index (κ3) is 3.82. The summed E-state index contributed by atoms with van der Waals surface area (Å²) in [5.41, 5.74) is 1.60. The Balaban J connectivity index is 1.39. The average molecular weight is 447 g/mol. The first kappa shape index (κ1) is 23.8. The summed E-state index contributed by atoms with van der Waals surface area (Å²) in [5, 5.41) is 0. The van der Waals surface area contributed by atoms with Crippen LogP contribution in [0.4, 0.5) is 4.79 Å². The van der Waals surface area contributed by atoms with Gasteiger partial charge in [0.15, 0.2) is 0 Å². The van der Waals surface area contributed by atoms with Crippen LogP contribution in [0.1, 0.15) is 86.0 Å². The van der Waals surface area contributed by atoms with Gasteiger partial charge in [0.1, 0.15) is 11.9 Å². The molecule has 0 N–H and O–H groups in total. The lowest BCUT2D eigenvalue weighted by Crippen LogP contribution is -2.51. The van der Waals surface area contributed by atoms with Crippen molar-refractivity contribution in [3.8, 4) is 0 Å². The Bertz CT molecular complexity index is 763. The molecule has 0 heterocycles. The maximum atomic E-state index is 12.6. The highest BCUT2D eigenvalue weighted by Crippen LogP contribution is 2.64. The molecule has 4 aliphatic rings. The summed E-state index contributed by atoms with van der Waals surface area (Å²) in [6.45, 7) is 14.3. The second-order valence-electron chi connectivity index (χ2n) is 11.5. The number of fused-ring (bicyclic) bond motifs is 5. The van der Waals surface area contributed by atoms with E-state index < -0.39 is 6.16 Å². The van der Waals surface area contributed by atoms with Crippen LogP contribution in [0.3, 0.4) is 0 Å². The monoisotopic (exact) mass is 446 g/mol. The molecule has 0 aromatic carbocycles. The van der Waals surface area contributed by atoms with Crippen molar-refractivity contribution in [2.45, 2.75) is 92.1 Å². The molecule has 0 spiro atoms. The van der Waals surface area contributed by atoms with E-state index in [9.17, 15) is 9.59 Å². The maximum absolute atomic E-state index is 12.6. The van der Waals surface area contributed by atoms with E-state index in [0.29, 0.717) is 30.3 Å². The van der Waals surface area contributed by atoms with Crippen LogP contribution in [-0.4, -0.2) is 48.9 Å². The summed E-state index contributed by atoms with van der Waals surface area (Å²) in [7, 11) is 0. The highest BCUT2D eigenvalue weighted by atomic mass is 16.7. The van der Waals surface area contributed by atoms with Crippen LogP contribution in [0.2, 0.25) is 0 Å². The minimum absolute atomic E-state index is 0.0733. The fourth-order valence-electron chi connectivity index (χ4n) is 7.80. The molecular formula is C27H44NO4+. The topological polar surface area (TPSA) is 52.6 Å². The van der Waals surface area contributed by atoms with Gasteiger partial charge in [-0.3, -0.25) is 9.28 Å². The lowest BCUT2D eigenvalue weighted by molar-refractivity contribution is -0.939. The predicted molar refractivity (Wildman–Crippen MR) is 125 cm³/mol. The van der Waals surface area contributed by atoms with Gasteiger partial charge in [-0.2, -0.15) is 0 Å². The number of ketones is 1. The molecule has 3 saturated carbocycles. The summed E-state index contributed by atoms with van der Waals surface area (Å²) in [5.74, 6) is 2.37. The Labute approximate surface area is 194 Å². The number of rotatable bonds is 6. The van der Waals surface area contributed by atoms with Gasteiger partial charge < -0.3 is 9.47 Å². The number of quaternary nitrogens is 1. The molecular weight excluding hydrogens is 402 g/mol. The van der Waals surface area contributed by atoms with Crippen LogP contribution in [0.25, 0.3) is 0 Å². The van der Waals surface area contributed by atoms with Gasteiger partial charge in [0.2, 0.25) is 6.73 Å². The minimum Gasteiger partial charge on any atom is -0.431 e. The van der Waals surface area contributed by atoms with E-state index in [4.69, 9.17) is 9.47 Å². The quantitative estimate of drug-likeness (QED) is 0.221. The van der Waals surface area contributed by atoms with Crippen LogP contribution in [-0.2, 0) is 14.3 Å². The third-order valence-corrected chi connectivity index (χ3v) is 10.5. The summed E-state index contributed by atoms with van der Waals surface area (Å²) in [6, 6.07) is 0. The Hall–Kier alpha value is -1.36. The highest BCUT2D eigenvalue weighted by Gasteiger charge is 2.58. The lowest BCUT2D eigenvalue weighted by Gasteiger charge is -2.56. The molecule has 5 heteroatoms. The van der Waals surface area contributed by atoms with E-state index in [-0.39, 0.29) is 16.9 Å². The molecule has 0 bridgehead atoms. The number of Topliss-reactive ketones (excluding diaryl/α,β-unsaturated/α-hetero) is 1. The van der Waals surface area contributed by atoms with E-state index in [1.54, 1.807) is 0 Å². The zero-order valence-corrected chi connectivity index (χ0v) is 21.0. The van der Waals surface area contributed by atoms with Gasteiger partial charge in [-0.15, -0.1) is 0 Å². The van der Waals surface area contributed by atoms with Crippen LogP contribution >= 0.6 is 0 Å². The van der Waals surface area contributed by atoms with Crippen molar-refractivity contribution in [2.24, 2.45) is 28.6 Å². The van der Waals surface area contributed by atoms with Crippen molar-refractivity contribution in [3.05, 3.63) is 11.6 Å². The Morgan fingerprint density at radius 1 is 1.03 bits per heavy atom. The molecule has 0 amide bonds. The Morgan fingerprint density at radius 3 is 2.38 bits per heavy atom. The summed E-state index contributed by atoms with van der Waals surface area (Å²) in [6.07, 6.45) is 9.84. The first-order valence-corrected chi connectivity index (χ1v) is 13.1. The number of hydrogen-bond donors (Lipinski definition) is 0. The molecule has 32 heavy (non-hydrogen) atoms. The van der Waals surface area contributed by atoms with Gasteiger partial charge in [0.25, 0.3) is 0 Å². The molecule has 0 unspecified atom stereocenters. The minimum atomic E-state index is -0.511. The molecule has 5 nitrogen and oxygen atoms in total. The molecule has 4 rings (SSSR count). The van der Waals surface area contributed by atoms with Gasteiger partial charge in [0, 0.05) is 18.3 Å². The van der Waals surface area contributed by atoms with E-state index in [1.807, 2.05) is 0 Å². The normalized spacial score (nSPS) is 38.9. The Morgan fingerprint density at radius 2 is 1.69 bits per heavy atom. The van der Waals surface area contributed by atoms with Crippen molar-refractivity contribution in [1.82, 2.24) is 0 Å². The van der Waals surface area contributed by atoms with Crippen molar-refractivity contribution in [3.63, 3.8) is 0 Å². The zero-order chi connectivity index (χ0) is 23.1. The van der Waals surface area contributed by atoms with E-state index >= 15 is 0 Å². The second kappa shape index (κ2) is 8.77. The van der Waals surface area contributed by atoms with Crippen molar-refractivity contribution < 1.29 is 23.5 Å². The fraction of sp³-hybridized carbons (Fsp3) is 0.852. The number of allylic oxidation sites excluding steroid dienone is 1. The summed E-state index contributed by atoms with van der Waals surface area (Å²) in [4.78, 5) is 25.1. The van der Waals surface area contributed by atoms with Crippen LogP contribution < -0.4 is 0 Å².